The molecule has 0 radical (unpaired) electrons. The van der Waals surface area contributed by atoms with Crippen LogP contribution in [0.3, 0.4) is 0 Å². The van der Waals surface area contributed by atoms with Gasteiger partial charge in [-0.15, -0.1) is 0 Å². The van der Waals surface area contributed by atoms with E-state index in [9.17, 15) is 43.8 Å². The Hall–Kier alpha value is -4.03. The number of ketones is 1. The number of carbonyl (C=O) groups excluding carboxylic acids is 5. The molecule has 5 aliphatic rings. The normalized spacial score (nSPS) is 36.5. The fourth-order valence-corrected chi connectivity index (χ4v) is 9.71. The predicted octanol–water partition coefficient (Wildman–Crippen LogP) is 2.36. The van der Waals surface area contributed by atoms with Gasteiger partial charge in [0.25, 0.3) is 0 Å². The molecule has 0 heterocycles. The summed E-state index contributed by atoms with van der Waals surface area (Å²) in [5.41, 5.74) is -1.62. The quantitative estimate of drug-likeness (QED) is 0.136. The van der Waals surface area contributed by atoms with E-state index in [2.05, 4.69) is 13.2 Å². The largest absolute Gasteiger partial charge is 0.481 e. The summed E-state index contributed by atoms with van der Waals surface area (Å²) in [6, 6.07) is 0. The first-order valence-electron chi connectivity index (χ1n) is 15.7. The summed E-state index contributed by atoms with van der Waals surface area (Å²) in [5, 5.41) is 20.1. The molecular formula is C33H40O13. The van der Waals surface area contributed by atoms with E-state index in [0.717, 1.165) is 0 Å². The fourth-order valence-electron chi connectivity index (χ4n) is 9.71. The molecule has 10 atom stereocenters. The minimum atomic E-state index is -1.14. The van der Waals surface area contributed by atoms with Gasteiger partial charge in [0.05, 0.1) is 23.7 Å². The van der Waals surface area contributed by atoms with Crippen molar-refractivity contribution in [2.75, 3.05) is 26.4 Å². The van der Waals surface area contributed by atoms with Gasteiger partial charge in [-0.3, -0.25) is 24.0 Å². The zero-order valence-electron chi connectivity index (χ0n) is 26.0. The highest BCUT2D eigenvalue weighted by atomic mass is 16.6. The lowest BCUT2D eigenvalue weighted by Gasteiger charge is -2.43. The number of aliphatic carboxylic acids is 2. The number of fused-ring (bicyclic) bond motifs is 6. The van der Waals surface area contributed by atoms with Gasteiger partial charge in [0.1, 0.15) is 32.2 Å². The first-order valence-corrected chi connectivity index (χ1v) is 15.7. The predicted molar refractivity (Wildman–Crippen MR) is 154 cm³/mol. The van der Waals surface area contributed by atoms with Crippen molar-refractivity contribution >= 4 is 41.6 Å². The van der Waals surface area contributed by atoms with Crippen molar-refractivity contribution in [1.82, 2.24) is 0 Å². The molecular weight excluding hydrogens is 604 g/mol. The summed E-state index contributed by atoms with van der Waals surface area (Å²) in [7, 11) is 0. The minimum absolute atomic E-state index is 0.117. The van der Waals surface area contributed by atoms with E-state index in [1.807, 2.05) is 0 Å². The lowest BCUT2D eigenvalue weighted by atomic mass is 9.58. The molecule has 13 nitrogen and oxygen atoms in total. The van der Waals surface area contributed by atoms with Gasteiger partial charge in [0, 0.05) is 22.0 Å². The molecule has 250 valence electrons. The van der Waals surface area contributed by atoms with Crippen LogP contribution in [0.2, 0.25) is 0 Å². The second-order valence-electron chi connectivity index (χ2n) is 13.7. The topological polar surface area (TPSA) is 197 Å². The highest BCUT2D eigenvalue weighted by Gasteiger charge is 2.76. The number of rotatable bonds is 12. The van der Waals surface area contributed by atoms with Crippen LogP contribution in [-0.2, 0) is 52.5 Å². The summed E-state index contributed by atoms with van der Waals surface area (Å²) >= 11 is 0. The zero-order chi connectivity index (χ0) is 33.7. The summed E-state index contributed by atoms with van der Waals surface area (Å²) in [5.74, 6) is -11.4. The first-order chi connectivity index (χ1) is 21.7. The molecule has 2 spiro atoms. The van der Waals surface area contributed by atoms with Crippen LogP contribution >= 0.6 is 0 Å². The van der Waals surface area contributed by atoms with E-state index < -0.39 is 94.0 Å². The molecule has 0 aromatic carbocycles. The molecule has 46 heavy (non-hydrogen) atoms. The third kappa shape index (κ3) is 5.30. The van der Waals surface area contributed by atoms with Crippen LogP contribution in [0.1, 0.15) is 52.4 Å². The number of carboxylic acids is 2. The SMILES string of the molecule is C=C(C)C(=O)OCCOC(=O)C1C(C(=O)O)C2CC1C1(CCC3(CC4CC3C(C(=O)OCCOC(=O)C(=C)C)C4C(=O)O)C1=O)C2. The Morgan fingerprint density at radius 3 is 1.33 bits per heavy atom. The number of ether oxygens (including phenoxy) is 4. The third-order valence-corrected chi connectivity index (χ3v) is 11.3. The van der Waals surface area contributed by atoms with E-state index in [4.69, 9.17) is 18.9 Å². The van der Waals surface area contributed by atoms with Gasteiger partial charge in [-0.1, -0.05) is 13.2 Å². The molecule has 2 N–H and O–H groups in total. The molecule has 5 saturated carbocycles. The summed E-state index contributed by atoms with van der Waals surface area (Å²) in [4.78, 5) is 89.4. The Kier molecular flexibility index (Phi) is 8.91. The van der Waals surface area contributed by atoms with Crippen LogP contribution in [0.15, 0.2) is 24.3 Å². The van der Waals surface area contributed by atoms with E-state index in [0.29, 0.717) is 38.5 Å². The molecule has 0 aromatic rings. The summed E-state index contributed by atoms with van der Waals surface area (Å²) in [6.07, 6.45) is 2.14. The van der Waals surface area contributed by atoms with Crippen LogP contribution in [0.5, 0.6) is 0 Å². The van der Waals surface area contributed by atoms with Crippen LogP contribution < -0.4 is 0 Å². The van der Waals surface area contributed by atoms with Gasteiger partial charge in [0.15, 0.2) is 0 Å². The van der Waals surface area contributed by atoms with E-state index in [-0.39, 0.29) is 43.4 Å². The molecule has 10 unspecified atom stereocenters. The highest BCUT2D eigenvalue weighted by Crippen LogP contribution is 2.74. The number of carbonyl (C=O) groups is 7. The molecule has 4 bridgehead atoms. The van der Waals surface area contributed by atoms with Crippen LogP contribution in [0.25, 0.3) is 0 Å². The standard InChI is InChI=1S/C33H40O13/c1-15(2)27(38)43-7-9-45-29(40)23-19-11-17(21(23)25(34)35)13-32(19)5-6-33(31(32)42)14-18-12-20(33)24(22(18)26(36)37)30(41)46-10-8-44-28(39)16(3)4/h17-24H,1,3,5-14H2,2,4H3,(H,34,35)(H,36,37). The molecule has 0 aromatic heterocycles. The van der Waals surface area contributed by atoms with Gasteiger partial charge in [-0.05, 0) is 76.0 Å². The Bertz CT molecular complexity index is 1300. The van der Waals surface area contributed by atoms with Crippen molar-refractivity contribution in [2.24, 2.45) is 58.2 Å². The maximum absolute atomic E-state index is 14.7. The molecule has 5 aliphatic carbocycles. The van der Waals surface area contributed by atoms with Gasteiger partial charge < -0.3 is 29.2 Å². The van der Waals surface area contributed by atoms with Crippen LogP contribution in [-0.4, -0.2) is 78.2 Å². The van der Waals surface area contributed by atoms with Crippen molar-refractivity contribution in [3.05, 3.63) is 24.3 Å². The van der Waals surface area contributed by atoms with Crippen molar-refractivity contribution in [2.45, 2.75) is 52.4 Å². The van der Waals surface area contributed by atoms with Gasteiger partial charge in [0.2, 0.25) is 0 Å². The van der Waals surface area contributed by atoms with E-state index in [1.165, 1.54) is 13.8 Å². The van der Waals surface area contributed by atoms with Crippen molar-refractivity contribution in [3.8, 4) is 0 Å². The summed E-state index contributed by atoms with van der Waals surface area (Å²) in [6.45, 7) is 8.89. The van der Waals surface area contributed by atoms with E-state index >= 15 is 0 Å². The Balaban J connectivity index is 1.32. The van der Waals surface area contributed by atoms with Gasteiger partial charge in [-0.2, -0.15) is 0 Å². The summed E-state index contributed by atoms with van der Waals surface area (Å²) < 4.78 is 20.7. The second kappa shape index (κ2) is 12.3. The number of hydrogen-bond acceptors (Lipinski definition) is 11. The Morgan fingerprint density at radius 2 is 1.00 bits per heavy atom. The minimum Gasteiger partial charge on any atom is -0.481 e. The average molecular weight is 645 g/mol. The first kappa shape index (κ1) is 33.3. The van der Waals surface area contributed by atoms with Crippen LogP contribution in [0.4, 0.5) is 0 Å². The Labute approximate surface area is 265 Å². The smallest absolute Gasteiger partial charge is 0.333 e. The highest BCUT2D eigenvalue weighted by molar-refractivity contribution is 5.97. The molecule has 5 fully saturated rings. The van der Waals surface area contributed by atoms with Crippen molar-refractivity contribution in [3.63, 3.8) is 0 Å². The van der Waals surface area contributed by atoms with E-state index in [1.54, 1.807) is 0 Å². The lowest BCUT2D eigenvalue weighted by Crippen LogP contribution is -2.51. The van der Waals surface area contributed by atoms with Gasteiger partial charge in [-0.25, -0.2) is 9.59 Å². The third-order valence-electron chi connectivity index (χ3n) is 11.3. The average Bonchev–Trinajstić information content (AvgIpc) is 3.80. The molecule has 13 heteroatoms. The van der Waals surface area contributed by atoms with Crippen molar-refractivity contribution in [1.29, 1.82) is 0 Å². The second-order valence-corrected chi connectivity index (χ2v) is 13.7. The zero-order valence-corrected chi connectivity index (χ0v) is 26.0. The number of hydrogen-bond donors (Lipinski definition) is 2. The number of Topliss-reactive ketones (excluding diaryl/α,β-unsaturated/α-hetero) is 1. The fraction of sp³-hybridized carbons (Fsp3) is 0.667. The Morgan fingerprint density at radius 1 is 0.652 bits per heavy atom. The number of carboxylic acid groups (broad SMARTS) is 2. The molecule has 5 rings (SSSR count). The molecule has 0 aliphatic heterocycles. The lowest BCUT2D eigenvalue weighted by molar-refractivity contribution is -0.169. The van der Waals surface area contributed by atoms with Gasteiger partial charge >= 0.3 is 35.8 Å². The number of esters is 4. The maximum atomic E-state index is 14.7. The maximum Gasteiger partial charge on any atom is 0.333 e. The molecule has 0 saturated heterocycles. The van der Waals surface area contributed by atoms with Crippen molar-refractivity contribution < 1.29 is 62.7 Å². The molecule has 0 amide bonds. The van der Waals surface area contributed by atoms with Crippen LogP contribution in [0, 0.1) is 58.2 Å². The monoisotopic (exact) mass is 644 g/mol.